The summed E-state index contributed by atoms with van der Waals surface area (Å²) in [5, 5.41) is 0. The number of aromatic nitrogens is 3. The van der Waals surface area contributed by atoms with Crippen LogP contribution in [0.4, 0.5) is 23.2 Å². The van der Waals surface area contributed by atoms with Crippen molar-refractivity contribution in [2.45, 2.75) is 32.7 Å². The molecular formula is C14H14F4N4. The maximum Gasteiger partial charge on any atom is 0.253 e. The fourth-order valence-corrected chi connectivity index (χ4v) is 2.78. The van der Waals surface area contributed by atoms with E-state index in [0.29, 0.717) is 18.7 Å². The number of aromatic amines is 1. The Morgan fingerprint density at radius 1 is 1.05 bits per heavy atom. The van der Waals surface area contributed by atoms with Gasteiger partial charge >= 0.3 is 0 Å². The van der Waals surface area contributed by atoms with E-state index in [2.05, 4.69) is 15.0 Å². The second kappa shape index (κ2) is 5.26. The molecule has 0 bridgehead atoms. The fourth-order valence-electron chi connectivity index (χ4n) is 2.78. The quantitative estimate of drug-likeness (QED) is 0.683. The summed E-state index contributed by atoms with van der Waals surface area (Å²) in [5.74, 6) is -5.72. The topological polar surface area (TPSA) is 44.8 Å². The minimum absolute atomic E-state index is 0.278. The number of imidazole rings is 1. The molecule has 0 spiro atoms. The Kier molecular flexibility index (Phi) is 3.54. The average Bonchev–Trinajstić information content (AvgIpc) is 3.05. The van der Waals surface area contributed by atoms with E-state index in [4.69, 9.17) is 0 Å². The van der Waals surface area contributed by atoms with Gasteiger partial charge in [-0.25, -0.2) is 4.98 Å². The predicted octanol–water partition coefficient (Wildman–Crippen LogP) is 3.32. The van der Waals surface area contributed by atoms with Crippen molar-refractivity contribution in [3.05, 3.63) is 40.7 Å². The van der Waals surface area contributed by atoms with E-state index < -0.39 is 35.3 Å². The molecule has 1 saturated heterocycles. The van der Waals surface area contributed by atoms with Crippen LogP contribution in [0.2, 0.25) is 0 Å². The first-order chi connectivity index (χ1) is 10.4. The molecule has 0 radical (unpaired) electrons. The molecule has 3 heterocycles. The van der Waals surface area contributed by atoms with Gasteiger partial charge in [0.15, 0.2) is 0 Å². The first-order valence-electron chi connectivity index (χ1n) is 6.90. The molecule has 1 N–H and O–H groups in total. The van der Waals surface area contributed by atoms with Gasteiger partial charge in [-0.1, -0.05) is 0 Å². The Morgan fingerprint density at radius 2 is 1.68 bits per heavy atom. The normalized spacial score (nSPS) is 18.3. The van der Waals surface area contributed by atoms with Crippen LogP contribution in [-0.4, -0.2) is 21.5 Å². The predicted molar refractivity (Wildman–Crippen MR) is 71.5 cm³/mol. The Hall–Kier alpha value is -2.12. The molecule has 0 aromatic carbocycles. The average molecular weight is 314 g/mol. The maximum absolute atomic E-state index is 14.0. The summed E-state index contributed by atoms with van der Waals surface area (Å²) in [5.41, 5.74) is 0.893. The van der Waals surface area contributed by atoms with E-state index >= 15 is 0 Å². The molecule has 2 aromatic heterocycles. The maximum atomic E-state index is 14.0. The number of rotatable bonds is 2. The van der Waals surface area contributed by atoms with Gasteiger partial charge < -0.3 is 9.88 Å². The van der Waals surface area contributed by atoms with Crippen LogP contribution in [0.1, 0.15) is 36.1 Å². The van der Waals surface area contributed by atoms with Crippen molar-refractivity contribution < 1.29 is 17.6 Å². The first-order valence-corrected chi connectivity index (χ1v) is 6.90. The zero-order valence-corrected chi connectivity index (χ0v) is 12.1. The summed E-state index contributed by atoms with van der Waals surface area (Å²) in [6, 6.07) is -0.461. The third-order valence-electron chi connectivity index (χ3n) is 3.98. The molecule has 1 unspecified atom stereocenters. The Morgan fingerprint density at radius 3 is 2.23 bits per heavy atom. The summed E-state index contributed by atoms with van der Waals surface area (Å²) in [7, 11) is 0. The summed E-state index contributed by atoms with van der Waals surface area (Å²) >= 11 is 0. The molecular weight excluding hydrogens is 300 g/mol. The zero-order chi connectivity index (χ0) is 16.0. The summed E-state index contributed by atoms with van der Waals surface area (Å²) in [6.45, 7) is 3.92. The van der Waals surface area contributed by atoms with E-state index in [1.54, 1.807) is 0 Å². The van der Waals surface area contributed by atoms with Gasteiger partial charge in [-0.2, -0.15) is 22.5 Å². The Bertz CT molecular complexity index is 682. The fraction of sp³-hybridized carbons (Fsp3) is 0.429. The number of hydrogen-bond donors (Lipinski definition) is 1. The van der Waals surface area contributed by atoms with Gasteiger partial charge in [0, 0.05) is 12.2 Å². The standard InChI is InChI=1S/C14H14F4N4/c1-6-7(2)20-14(19-6)8-4-3-5-22(8)11-9(15)12(17)21-13(18)10(11)16/h8H,3-5H2,1-2H3,(H,19,20). The highest BCUT2D eigenvalue weighted by Gasteiger charge is 2.35. The number of aryl methyl sites for hydroxylation is 2. The van der Waals surface area contributed by atoms with Crippen LogP contribution in [-0.2, 0) is 0 Å². The lowest BCUT2D eigenvalue weighted by Gasteiger charge is -2.26. The number of H-pyrrole nitrogens is 1. The van der Waals surface area contributed by atoms with Crippen LogP contribution in [0.5, 0.6) is 0 Å². The highest BCUT2D eigenvalue weighted by atomic mass is 19.2. The van der Waals surface area contributed by atoms with E-state index in [0.717, 1.165) is 11.4 Å². The smallest absolute Gasteiger partial charge is 0.253 e. The zero-order valence-electron chi connectivity index (χ0n) is 12.1. The van der Waals surface area contributed by atoms with E-state index in [9.17, 15) is 17.6 Å². The van der Waals surface area contributed by atoms with Gasteiger partial charge in [0.05, 0.1) is 11.7 Å². The highest BCUT2D eigenvalue weighted by molar-refractivity contribution is 5.51. The van der Waals surface area contributed by atoms with Crippen LogP contribution in [0.25, 0.3) is 0 Å². The Labute approximate surface area is 124 Å². The Balaban J connectivity index is 2.08. The van der Waals surface area contributed by atoms with Crippen LogP contribution < -0.4 is 4.90 Å². The number of halogens is 4. The van der Waals surface area contributed by atoms with Crippen molar-refractivity contribution in [1.82, 2.24) is 15.0 Å². The molecule has 0 amide bonds. The molecule has 22 heavy (non-hydrogen) atoms. The van der Waals surface area contributed by atoms with Gasteiger partial charge in [-0.3, -0.25) is 0 Å². The second-order valence-electron chi connectivity index (χ2n) is 5.35. The van der Waals surface area contributed by atoms with E-state index in [1.165, 1.54) is 4.90 Å². The van der Waals surface area contributed by atoms with Gasteiger partial charge in [-0.15, -0.1) is 0 Å². The number of anilines is 1. The molecule has 4 nitrogen and oxygen atoms in total. The first kappa shape index (κ1) is 14.8. The second-order valence-corrected chi connectivity index (χ2v) is 5.35. The number of nitrogens with one attached hydrogen (secondary N) is 1. The SMILES string of the molecule is Cc1nc(C2CCCN2c2c(F)c(F)nc(F)c2F)[nH]c1C. The molecule has 1 aliphatic heterocycles. The molecule has 1 aliphatic rings. The lowest BCUT2D eigenvalue weighted by Crippen LogP contribution is -2.27. The minimum Gasteiger partial charge on any atom is -0.356 e. The van der Waals surface area contributed by atoms with Crippen LogP contribution >= 0.6 is 0 Å². The van der Waals surface area contributed by atoms with E-state index in [-0.39, 0.29) is 6.54 Å². The lowest BCUT2D eigenvalue weighted by atomic mass is 10.2. The van der Waals surface area contributed by atoms with Gasteiger partial charge in [-0.05, 0) is 26.7 Å². The summed E-state index contributed by atoms with van der Waals surface area (Å²) in [6.07, 6.45) is 1.21. The van der Waals surface area contributed by atoms with Crippen molar-refractivity contribution >= 4 is 5.69 Å². The molecule has 8 heteroatoms. The van der Waals surface area contributed by atoms with Gasteiger partial charge in [0.2, 0.25) is 11.6 Å². The molecule has 118 valence electrons. The lowest BCUT2D eigenvalue weighted by molar-refractivity contribution is 0.404. The molecule has 3 rings (SSSR count). The highest BCUT2D eigenvalue weighted by Crippen LogP contribution is 2.38. The largest absolute Gasteiger partial charge is 0.356 e. The number of hydrogen-bond acceptors (Lipinski definition) is 3. The minimum atomic E-state index is -1.65. The van der Waals surface area contributed by atoms with Crippen molar-refractivity contribution in [1.29, 1.82) is 0 Å². The molecule has 2 aromatic rings. The molecule has 0 saturated carbocycles. The monoisotopic (exact) mass is 314 g/mol. The molecule has 1 fully saturated rings. The van der Waals surface area contributed by atoms with Crippen LogP contribution in [0.3, 0.4) is 0 Å². The van der Waals surface area contributed by atoms with Crippen LogP contribution in [0, 0.1) is 37.4 Å². The molecule has 0 aliphatic carbocycles. The van der Waals surface area contributed by atoms with Crippen LogP contribution in [0.15, 0.2) is 0 Å². The van der Waals surface area contributed by atoms with Crippen molar-refractivity contribution in [3.63, 3.8) is 0 Å². The number of pyridine rings is 1. The number of nitrogens with zero attached hydrogens (tertiary/aromatic N) is 3. The third-order valence-corrected chi connectivity index (χ3v) is 3.98. The van der Waals surface area contributed by atoms with Crippen molar-refractivity contribution in [2.75, 3.05) is 11.4 Å². The van der Waals surface area contributed by atoms with Gasteiger partial charge in [0.25, 0.3) is 11.9 Å². The van der Waals surface area contributed by atoms with Crippen molar-refractivity contribution in [3.8, 4) is 0 Å². The third kappa shape index (κ3) is 2.22. The summed E-state index contributed by atoms with van der Waals surface area (Å²) < 4.78 is 54.6. The van der Waals surface area contributed by atoms with E-state index in [1.807, 2.05) is 13.8 Å². The molecule has 1 atom stereocenters. The van der Waals surface area contributed by atoms with Gasteiger partial charge in [0.1, 0.15) is 11.5 Å². The summed E-state index contributed by atoms with van der Waals surface area (Å²) in [4.78, 5) is 11.3. The van der Waals surface area contributed by atoms with Crippen molar-refractivity contribution in [2.24, 2.45) is 0 Å².